The fourth-order valence-electron chi connectivity index (χ4n) is 0.996. The van der Waals surface area contributed by atoms with E-state index >= 15 is 0 Å². The Morgan fingerprint density at radius 2 is 1.87 bits per heavy atom. The number of hydrogen-bond acceptors (Lipinski definition) is 5. The van der Waals surface area contributed by atoms with Crippen LogP contribution in [-0.2, 0) is 14.3 Å². The molecule has 0 heterocycles. The quantitative estimate of drug-likeness (QED) is 0.333. The average molecular weight is 231 g/mol. The van der Waals surface area contributed by atoms with Gasteiger partial charge in [0.15, 0.2) is 0 Å². The Bertz CT molecular complexity index is 441. The number of nitrogens with zero attached hydrogens (tertiary/aromatic N) is 1. The summed E-state index contributed by atoms with van der Waals surface area (Å²) in [7, 11) is -3.86. The van der Waals surface area contributed by atoms with Gasteiger partial charge in [0, 0.05) is 0 Å². The van der Waals surface area contributed by atoms with E-state index in [0.717, 1.165) is 6.26 Å². The topological polar surface area (TPSA) is 86.5 Å². The molecule has 0 N–H and O–H groups in total. The standard InChI is InChI=1S/C8H9NO5S/c1-15(12,13)14-8(9(10)11)7-5-3-2-4-6-7/h2-6,8H,1H3. The van der Waals surface area contributed by atoms with Gasteiger partial charge >= 0.3 is 6.23 Å². The fourth-order valence-corrected chi connectivity index (χ4v) is 1.51. The first-order valence-corrected chi connectivity index (χ1v) is 5.78. The molecule has 1 atom stereocenters. The molecule has 0 aromatic heterocycles. The summed E-state index contributed by atoms with van der Waals surface area (Å²) in [5.41, 5.74) is 0.188. The molecular formula is C8H9NO5S. The van der Waals surface area contributed by atoms with Crippen molar-refractivity contribution in [1.82, 2.24) is 0 Å². The molecule has 1 aromatic carbocycles. The Balaban J connectivity index is 3.00. The van der Waals surface area contributed by atoms with E-state index in [1.807, 2.05) is 0 Å². The van der Waals surface area contributed by atoms with Gasteiger partial charge in [-0.3, -0.25) is 10.1 Å². The minimum absolute atomic E-state index is 0.188. The summed E-state index contributed by atoms with van der Waals surface area (Å²) >= 11 is 0. The van der Waals surface area contributed by atoms with Crippen LogP contribution in [0.25, 0.3) is 0 Å². The summed E-state index contributed by atoms with van der Waals surface area (Å²) < 4.78 is 25.9. The normalized spacial score (nSPS) is 13.4. The van der Waals surface area contributed by atoms with E-state index < -0.39 is 21.3 Å². The Hall–Kier alpha value is -1.47. The molecule has 1 rings (SSSR count). The Morgan fingerprint density at radius 1 is 1.33 bits per heavy atom. The highest BCUT2D eigenvalue weighted by Gasteiger charge is 2.27. The van der Waals surface area contributed by atoms with Gasteiger partial charge in [-0.25, -0.2) is 0 Å². The highest BCUT2D eigenvalue weighted by Crippen LogP contribution is 2.19. The molecule has 0 radical (unpaired) electrons. The van der Waals surface area contributed by atoms with Crippen molar-refractivity contribution in [2.45, 2.75) is 6.23 Å². The zero-order valence-electron chi connectivity index (χ0n) is 7.86. The largest absolute Gasteiger partial charge is 0.355 e. The molecular weight excluding hydrogens is 222 g/mol. The van der Waals surface area contributed by atoms with Crippen LogP contribution in [0.4, 0.5) is 0 Å². The molecule has 0 amide bonds. The summed E-state index contributed by atoms with van der Waals surface area (Å²) in [6.45, 7) is 0. The third kappa shape index (κ3) is 3.64. The van der Waals surface area contributed by atoms with Crippen molar-refractivity contribution in [3.05, 3.63) is 46.0 Å². The predicted molar refractivity (Wildman–Crippen MR) is 52.1 cm³/mol. The molecule has 7 heteroatoms. The van der Waals surface area contributed by atoms with Crippen LogP contribution in [0.5, 0.6) is 0 Å². The van der Waals surface area contributed by atoms with Crippen LogP contribution in [-0.4, -0.2) is 19.6 Å². The summed E-state index contributed by atoms with van der Waals surface area (Å²) in [4.78, 5) is 9.80. The molecule has 0 fully saturated rings. The lowest BCUT2D eigenvalue weighted by molar-refractivity contribution is -0.570. The van der Waals surface area contributed by atoms with Crippen LogP contribution in [0.2, 0.25) is 0 Å². The average Bonchev–Trinajstić information content (AvgIpc) is 2.14. The molecule has 0 saturated carbocycles. The number of benzene rings is 1. The molecule has 0 aliphatic rings. The second-order valence-electron chi connectivity index (χ2n) is 2.85. The van der Waals surface area contributed by atoms with Crippen molar-refractivity contribution in [2.75, 3.05) is 6.26 Å². The maximum Gasteiger partial charge on any atom is 0.355 e. The lowest BCUT2D eigenvalue weighted by atomic mass is 10.2. The molecule has 6 nitrogen and oxygen atoms in total. The van der Waals surface area contributed by atoms with Crippen molar-refractivity contribution in [2.24, 2.45) is 0 Å². The van der Waals surface area contributed by atoms with E-state index in [2.05, 4.69) is 4.18 Å². The van der Waals surface area contributed by atoms with Crippen LogP contribution in [0, 0.1) is 10.1 Å². The van der Waals surface area contributed by atoms with Crippen molar-refractivity contribution in [1.29, 1.82) is 0 Å². The Kier molecular flexibility index (Phi) is 3.38. The van der Waals surface area contributed by atoms with Gasteiger partial charge in [-0.1, -0.05) is 18.2 Å². The van der Waals surface area contributed by atoms with Gasteiger partial charge in [0.2, 0.25) is 0 Å². The monoisotopic (exact) mass is 231 g/mol. The van der Waals surface area contributed by atoms with E-state index in [1.165, 1.54) is 12.1 Å². The first kappa shape index (κ1) is 11.6. The minimum Gasteiger partial charge on any atom is -0.261 e. The van der Waals surface area contributed by atoms with E-state index in [-0.39, 0.29) is 5.56 Å². The summed E-state index contributed by atoms with van der Waals surface area (Å²) in [5.74, 6) is 0. The van der Waals surface area contributed by atoms with Gasteiger partial charge in [0.25, 0.3) is 10.1 Å². The van der Waals surface area contributed by atoms with Crippen LogP contribution >= 0.6 is 0 Å². The predicted octanol–water partition coefficient (Wildman–Crippen LogP) is 0.938. The molecule has 1 aromatic rings. The van der Waals surface area contributed by atoms with E-state index in [1.54, 1.807) is 18.2 Å². The summed E-state index contributed by atoms with van der Waals surface area (Å²) in [6.07, 6.45) is -0.909. The second-order valence-corrected chi connectivity index (χ2v) is 4.45. The summed E-state index contributed by atoms with van der Waals surface area (Å²) in [6, 6.07) is 7.66. The third-order valence-electron chi connectivity index (χ3n) is 1.54. The zero-order valence-corrected chi connectivity index (χ0v) is 8.68. The zero-order chi connectivity index (χ0) is 11.5. The van der Waals surface area contributed by atoms with Gasteiger partial charge in [0.1, 0.15) is 0 Å². The van der Waals surface area contributed by atoms with E-state index in [4.69, 9.17) is 0 Å². The molecule has 0 saturated heterocycles. The summed E-state index contributed by atoms with van der Waals surface area (Å²) in [5, 5.41) is 10.6. The van der Waals surface area contributed by atoms with Crippen LogP contribution in [0.3, 0.4) is 0 Å². The maximum absolute atomic E-state index is 10.8. The van der Waals surface area contributed by atoms with Crippen LogP contribution in [0.1, 0.15) is 11.8 Å². The molecule has 1 unspecified atom stereocenters. The maximum atomic E-state index is 10.8. The highest BCUT2D eigenvalue weighted by atomic mass is 32.2. The lowest BCUT2D eigenvalue weighted by Crippen LogP contribution is -2.18. The fraction of sp³-hybridized carbons (Fsp3) is 0.250. The van der Waals surface area contributed by atoms with E-state index in [9.17, 15) is 18.5 Å². The minimum atomic E-state index is -3.86. The van der Waals surface area contributed by atoms with Crippen molar-refractivity contribution in [3.8, 4) is 0 Å². The molecule has 0 aliphatic heterocycles. The Labute approximate surface area is 86.8 Å². The number of rotatable bonds is 4. The van der Waals surface area contributed by atoms with Crippen molar-refractivity contribution < 1.29 is 17.5 Å². The number of hydrogen-bond donors (Lipinski definition) is 0. The van der Waals surface area contributed by atoms with E-state index in [0.29, 0.717) is 0 Å². The van der Waals surface area contributed by atoms with Gasteiger partial charge < -0.3 is 0 Å². The van der Waals surface area contributed by atoms with Gasteiger partial charge in [0.05, 0.1) is 16.7 Å². The molecule has 15 heavy (non-hydrogen) atoms. The molecule has 0 spiro atoms. The third-order valence-corrected chi connectivity index (χ3v) is 2.07. The SMILES string of the molecule is CS(=O)(=O)OC(c1ccccc1)[N+](=O)[O-]. The Morgan fingerprint density at radius 3 is 2.27 bits per heavy atom. The first-order chi connectivity index (χ1) is 6.90. The van der Waals surface area contributed by atoms with Gasteiger partial charge in [-0.15, -0.1) is 0 Å². The molecule has 0 bridgehead atoms. The lowest BCUT2D eigenvalue weighted by Gasteiger charge is -2.08. The van der Waals surface area contributed by atoms with Crippen LogP contribution in [0.15, 0.2) is 30.3 Å². The van der Waals surface area contributed by atoms with Gasteiger partial charge in [-0.05, 0) is 12.1 Å². The van der Waals surface area contributed by atoms with Crippen molar-refractivity contribution in [3.63, 3.8) is 0 Å². The smallest absolute Gasteiger partial charge is 0.261 e. The second kappa shape index (κ2) is 4.37. The highest BCUT2D eigenvalue weighted by molar-refractivity contribution is 7.85. The number of nitro groups is 1. The molecule has 0 aliphatic carbocycles. The molecule has 82 valence electrons. The van der Waals surface area contributed by atoms with Crippen molar-refractivity contribution >= 4 is 10.1 Å². The first-order valence-electron chi connectivity index (χ1n) is 3.97. The van der Waals surface area contributed by atoms with Gasteiger partial charge in [-0.2, -0.15) is 12.6 Å². The van der Waals surface area contributed by atoms with Crippen LogP contribution < -0.4 is 0 Å².